The quantitative estimate of drug-likeness (QED) is 0.643. The molecule has 0 saturated heterocycles. The van der Waals surface area contributed by atoms with E-state index in [0.29, 0.717) is 0 Å². The van der Waals surface area contributed by atoms with E-state index in [1.807, 2.05) is 0 Å². The highest BCUT2D eigenvalue weighted by Crippen LogP contribution is 2.35. The third-order valence-electron chi connectivity index (χ3n) is 1.60. The van der Waals surface area contributed by atoms with Gasteiger partial charge < -0.3 is 0 Å². The van der Waals surface area contributed by atoms with E-state index in [-0.39, 0.29) is 5.56 Å². The Bertz CT molecular complexity index is 364. The topological polar surface area (TPSA) is 23.8 Å². The SMILES string of the molecule is N#Cc1cccc(C(F)C(F)(F)F)c1. The molecule has 1 unspecified atom stereocenters. The van der Waals surface area contributed by atoms with Gasteiger partial charge in [-0.3, -0.25) is 0 Å². The van der Waals surface area contributed by atoms with Crippen LogP contribution >= 0.6 is 0 Å². The number of nitrogens with zero attached hydrogens (tertiary/aromatic N) is 1. The van der Waals surface area contributed by atoms with E-state index in [1.165, 1.54) is 12.1 Å². The van der Waals surface area contributed by atoms with Crippen molar-refractivity contribution in [1.29, 1.82) is 5.26 Å². The van der Waals surface area contributed by atoms with Gasteiger partial charge in [0.25, 0.3) is 0 Å². The fourth-order valence-corrected chi connectivity index (χ4v) is 0.955. The first-order valence-corrected chi connectivity index (χ1v) is 3.66. The smallest absolute Gasteiger partial charge is 0.232 e. The molecule has 0 aliphatic rings. The Labute approximate surface area is 77.6 Å². The molecule has 0 N–H and O–H groups in total. The summed E-state index contributed by atoms with van der Waals surface area (Å²) in [5, 5.41) is 8.39. The summed E-state index contributed by atoms with van der Waals surface area (Å²) in [5.41, 5.74) is -0.536. The van der Waals surface area contributed by atoms with Gasteiger partial charge in [-0.1, -0.05) is 12.1 Å². The average molecular weight is 203 g/mol. The van der Waals surface area contributed by atoms with E-state index in [9.17, 15) is 17.6 Å². The molecule has 0 fully saturated rings. The van der Waals surface area contributed by atoms with Gasteiger partial charge in [0.1, 0.15) is 0 Å². The predicted molar refractivity (Wildman–Crippen MR) is 41.1 cm³/mol. The van der Waals surface area contributed by atoms with Crippen LogP contribution in [0.5, 0.6) is 0 Å². The van der Waals surface area contributed by atoms with Crippen LogP contribution in [0.2, 0.25) is 0 Å². The van der Waals surface area contributed by atoms with Gasteiger partial charge in [0.15, 0.2) is 0 Å². The van der Waals surface area contributed by atoms with E-state index in [2.05, 4.69) is 0 Å². The molecule has 74 valence electrons. The largest absolute Gasteiger partial charge is 0.423 e. The number of halogens is 4. The average Bonchev–Trinajstić information content (AvgIpc) is 2.15. The van der Waals surface area contributed by atoms with Crippen molar-refractivity contribution in [3.63, 3.8) is 0 Å². The van der Waals surface area contributed by atoms with E-state index in [0.717, 1.165) is 12.1 Å². The second-order valence-corrected chi connectivity index (χ2v) is 2.64. The molecule has 0 amide bonds. The second kappa shape index (κ2) is 3.66. The fraction of sp³-hybridized carbons (Fsp3) is 0.222. The molecule has 1 nitrogen and oxygen atoms in total. The van der Waals surface area contributed by atoms with Crippen LogP contribution in [-0.4, -0.2) is 6.18 Å². The van der Waals surface area contributed by atoms with Crippen molar-refractivity contribution < 1.29 is 17.6 Å². The minimum atomic E-state index is -4.92. The molecular weight excluding hydrogens is 198 g/mol. The van der Waals surface area contributed by atoms with Crippen molar-refractivity contribution in [3.8, 4) is 6.07 Å². The summed E-state index contributed by atoms with van der Waals surface area (Å²) in [7, 11) is 0. The van der Waals surface area contributed by atoms with Gasteiger partial charge in [0.05, 0.1) is 11.6 Å². The van der Waals surface area contributed by atoms with Crippen LogP contribution < -0.4 is 0 Å². The molecule has 5 heteroatoms. The number of hydrogen-bond acceptors (Lipinski definition) is 1. The van der Waals surface area contributed by atoms with Gasteiger partial charge in [-0.2, -0.15) is 18.4 Å². The van der Waals surface area contributed by atoms with Crippen molar-refractivity contribution in [3.05, 3.63) is 35.4 Å². The third-order valence-corrected chi connectivity index (χ3v) is 1.60. The lowest BCUT2D eigenvalue weighted by Gasteiger charge is -2.12. The van der Waals surface area contributed by atoms with Gasteiger partial charge in [0, 0.05) is 0 Å². The highest BCUT2D eigenvalue weighted by Gasteiger charge is 2.41. The fourth-order valence-electron chi connectivity index (χ4n) is 0.955. The lowest BCUT2D eigenvalue weighted by molar-refractivity contribution is -0.182. The predicted octanol–water partition coefficient (Wildman–Crippen LogP) is 3.13. The van der Waals surface area contributed by atoms with Gasteiger partial charge in [-0.05, 0) is 17.7 Å². The summed E-state index contributed by atoms with van der Waals surface area (Å²) < 4.78 is 48.5. The minimum Gasteiger partial charge on any atom is -0.232 e. The maximum Gasteiger partial charge on any atom is 0.423 e. The van der Waals surface area contributed by atoms with Crippen LogP contribution in [0.3, 0.4) is 0 Å². The maximum atomic E-state index is 12.7. The zero-order chi connectivity index (χ0) is 10.8. The molecule has 0 spiro atoms. The highest BCUT2D eigenvalue weighted by atomic mass is 19.4. The normalized spacial score (nSPS) is 13.4. The Kier molecular flexibility index (Phi) is 2.75. The van der Waals surface area contributed by atoms with E-state index in [4.69, 9.17) is 5.26 Å². The standard InChI is InChI=1S/C9H5F4N/c10-8(9(11,12)13)7-3-1-2-6(4-7)5-14/h1-4,8H. The highest BCUT2D eigenvalue weighted by molar-refractivity contribution is 5.34. The number of hydrogen-bond donors (Lipinski definition) is 0. The van der Waals surface area contributed by atoms with Gasteiger partial charge in [-0.15, -0.1) is 0 Å². The molecule has 14 heavy (non-hydrogen) atoms. The first kappa shape index (κ1) is 10.5. The van der Waals surface area contributed by atoms with Gasteiger partial charge in [0.2, 0.25) is 6.17 Å². The first-order chi connectivity index (χ1) is 6.45. The summed E-state index contributed by atoms with van der Waals surface area (Å²) in [6.45, 7) is 0. The van der Waals surface area contributed by atoms with Crippen molar-refractivity contribution >= 4 is 0 Å². The Morgan fingerprint density at radius 1 is 1.29 bits per heavy atom. The summed E-state index contributed by atoms with van der Waals surface area (Å²) in [4.78, 5) is 0. The second-order valence-electron chi connectivity index (χ2n) is 2.64. The Morgan fingerprint density at radius 2 is 1.93 bits per heavy atom. The van der Waals surface area contributed by atoms with Crippen LogP contribution in [-0.2, 0) is 0 Å². The van der Waals surface area contributed by atoms with Crippen LogP contribution in [0.25, 0.3) is 0 Å². The Balaban J connectivity index is 3.03. The zero-order valence-corrected chi connectivity index (χ0v) is 6.85. The lowest BCUT2D eigenvalue weighted by Crippen LogP contribution is -2.16. The Morgan fingerprint density at radius 3 is 2.43 bits per heavy atom. The molecule has 0 aromatic heterocycles. The van der Waals surface area contributed by atoms with E-state index >= 15 is 0 Å². The Hall–Kier alpha value is -1.57. The summed E-state index contributed by atoms with van der Waals surface area (Å²) in [5.74, 6) is 0. The summed E-state index contributed by atoms with van der Waals surface area (Å²) in [6, 6.07) is 6.05. The molecule has 1 aromatic rings. The lowest BCUT2D eigenvalue weighted by atomic mass is 10.1. The van der Waals surface area contributed by atoms with Crippen molar-refractivity contribution in [2.45, 2.75) is 12.3 Å². The number of alkyl halides is 4. The molecule has 1 atom stereocenters. The minimum absolute atomic E-state index is 0.00870. The van der Waals surface area contributed by atoms with E-state index in [1.54, 1.807) is 6.07 Å². The zero-order valence-electron chi connectivity index (χ0n) is 6.85. The molecule has 0 bridgehead atoms. The van der Waals surface area contributed by atoms with Crippen LogP contribution in [0.15, 0.2) is 24.3 Å². The number of benzene rings is 1. The van der Waals surface area contributed by atoms with Crippen LogP contribution in [0, 0.1) is 11.3 Å². The van der Waals surface area contributed by atoms with Gasteiger partial charge in [-0.25, -0.2) is 4.39 Å². The molecule has 0 aliphatic carbocycles. The molecular formula is C9H5F4N. The summed E-state index contributed by atoms with van der Waals surface area (Å²) in [6.07, 6.45) is -7.95. The molecule has 0 radical (unpaired) electrons. The first-order valence-electron chi connectivity index (χ1n) is 3.66. The third kappa shape index (κ3) is 2.22. The molecule has 0 heterocycles. The number of rotatable bonds is 1. The van der Waals surface area contributed by atoms with Crippen molar-refractivity contribution in [2.24, 2.45) is 0 Å². The summed E-state index contributed by atoms with van der Waals surface area (Å²) >= 11 is 0. The molecule has 0 aliphatic heterocycles. The van der Waals surface area contributed by atoms with Gasteiger partial charge >= 0.3 is 6.18 Å². The molecule has 1 aromatic carbocycles. The van der Waals surface area contributed by atoms with Crippen LogP contribution in [0.1, 0.15) is 17.3 Å². The van der Waals surface area contributed by atoms with E-state index < -0.39 is 17.9 Å². The maximum absolute atomic E-state index is 12.7. The van der Waals surface area contributed by atoms with Crippen molar-refractivity contribution in [1.82, 2.24) is 0 Å². The number of nitriles is 1. The van der Waals surface area contributed by atoms with Crippen molar-refractivity contribution in [2.75, 3.05) is 0 Å². The molecule has 1 rings (SSSR count). The molecule has 0 saturated carbocycles. The van der Waals surface area contributed by atoms with Crippen LogP contribution in [0.4, 0.5) is 17.6 Å². The monoisotopic (exact) mass is 203 g/mol.